The molecule has 1 atom stereocenters. The minimum atomic E-state index is -0.922. The molecule has 4 rings (SSSR count). The van der Waals surface area contributed by atoms with Gasteiger partial charge < -0.3 is 20.9 Å². The summed E-state index contributed by atoms with van der Waals surface area (Å²) in [5, 5.41) is 13.6. The lowest BCUT2D eigenvalue weighted by atomic mass is 9.78. The third-order valence-electron chi connectivity index (χ3n) is 7.67. The molecule has 2 aromatic rings. The van der Waals surface area contributed by atoms with E-state index in [1.54, 1.807) is 0 Å². The van der Waals surface area contributed by atoms with Crippen molar-refractivity contribution >= 4 is 11.6 Å². The van der Waals surface area contributed by atoms with Crippen molar-refractivity contribution in [3.8, 4) is 11.5 Å². The van der Waals surface area contributed by atoms with Crippen LogP contribution in [0.5, 0.6) is 11.5 Å². The number of ether oxygens (including phenoxy) is 1. The van der Waals surface area contributed by atoms with Crippen LogP contribution in [0.25, 0.3) is 0 Å². The number of nitrogen functional groups attached to an aromatic ring is 1. The van der Waals surface area contributed by atoms with E-state index in [2.05, 4.69) is 17.4 Å². The van der Waals surface area contributed by atoms with Crippen molar-refractivity contribution < 1.29 is 14.6 Å². The van der Waals surface area contributed by atoms with Crippen LogP contribution in [0.1, 0.15) is 66.8 Å². The first-order valence-corrected chi connectivity index (χ1v) is 11.3. The van der Waals surface area contributed by atoms with Crippen molar-refractivity contribution in [1.82, 2.24) is 5.32 Å². The van der Waals surface area contributed by atoms with Gasteiger partial charge in [-0.2, -0.15) is 0 Å². The predicted molar refractivity (Wildman–Crippen MR) is 124 cm³/mol. The first-order chi connectivity index (χ1) is 14.7. The summed E-state index contributed by atoms with van der Waals surface area (Å²) < 4.78 is 6.36. The minimum Gasteiger partial charge on any atom is -0.507 e. The van der Waals surface area contributed by atoms with Gasteiger partial charge in [-0.1, -0.05) is 25.0 Å². The molecule has 2 aromatic carbocycles. The number of phenolic OH excluding ortho intramolecular Hbond substituents is 1. The van der Waals surface area contributed by atoms with Crippen molar-refractivity contribution in [2.24, 2.45) is 0 Å². The number of hydrogen-bond acceptors (Lipinski definition) is 4. The number of phenols is 1. The largest absolute Gasteiger partial charge is 0.507 e. The Morgan fingerprint density at radius 3 is 2.35 bits per heavy atom. The quantitative estimate of drug-likeness (QED) is 0.628. The van der Waals surface area contributed by atoms with Gasteiger partial charge in [-0.25, -0.2) is 0 Å². The zero-order chi connectivity index (χ0) is 22.4. The van der Waals surface area contributed by atoms with E-state index >= 15 is 0 Å². The molecule has 31 heavy (non-hydrogen) atoms. The van der Waals surface area contributed by atoms with Crippen molar-refractivity contribution in [2.75, 3.05) is 12.3 Å². The van der Waals surface area contributed by atoms with Gasteiger partial charge >= 0.3 is 0 Å². The lowest BCUT2D eigenvalue weighted by molar-refractivity contribution is -0.137. The lowest BCUT2D eigenvalue weighted by Crippen LogP contribution is -2.53. The van der Waals surface area contributed by atoms with E-state index in [9.17, 15) is 9.90 Å². The molecule has 4 N–H and O–H groups in total. The van der Waals surface area contributed by atoms with Crippen molar-refractivity contribution in [3.05, 3.63) is 52.1 Å². The fourth-order valence-corrected chi connectivity index (χ4v) is 5.30. The summed E-state index contributed by atoms with van der Waals surface area (Å²) in [6, 6.07) is 8.09. The van der Waals surface area contributed by atoms with Crippen LogP contribution in [-0.4, -0.2) is 23.2 Å². The molecule has 5 heteroatoms. The van der Waals surface area contributed by atoms with Gasteiger partial charge in [0.2, 0.25) is 0 Å². The molecule has 1 saturated carbocycles. The SMILES string of the molecule is Cc1c(C)c2c(c(C)c1O)CCC(C)(C(=O)NCC1(c3ccc(N)cc3)CCCC1)O2. The molecule has 1 aliphatic carbocycles. The van der Waals surface area contributed by atoms with E-state index in [4.69, 9.17) is 10.5 Å². The minimum absolute atomic E-state index is 0.0405. The molecule has 0 aromatic heterocycles. The molecule has 1 fully saturated rings. The second kappa shape index (κ2) is 7.77. The Morgan fingerprint density at radius 2 is 1.71 bits per heavy atom. The first kappa shape index (κ1) is 21.5. The van der Waals surface area contributed by atoms with Crippen molar-refractivity contribution in [1.29, 1.82) is 0 Å². The van der Waals surface area contributed by atoms with Gasteiger partial charge in [-0.15, -0.1) is 0 Å². The molecular formula is C26H34N2O3. The monoisotopic (exact) mass is 422 g/mol. The average molecular weight is 423 g/mol. The molecular weight excluding hydrogens is 388 g/mol. The van der Waals surface area contributed by atoms with Gasteiger partial charge in [0, 0.05) is 29.6 Å². The second-order valence-corrected chi connectivity index (χ2v) is 9.66. The van der Waals surface area contributed by atoms with Gasteiger partial charge in [-0.05, 0) is 81.3 Å². The van der Waals surface area contributed by atoms with Gasteiger partial charge in [-0.3, -0.25) is 4.79 Å². The Labute approximate surface area is 185 Å². The summed E-state index contributed by atoms with van der Waals surface area (Å²) in [6.45, 7) is 8.25. The van der Waals surface area contributed by atoms with E-state index in [1.165, 1.54) is 18.4 Å². The van der Waals surface area contributed by atoms with E-state index in [-0.39, 0.29) is 11.3 Å². The number of fused-ring (bicyclic) bond motifs is 1. The average Bonchev–Trinajstić information content (AvgIpc) is 3.25. The molecule has 166 valence electrons. The predicted octanol–water partition coefficient (Wildman–Crippen LogP) is 4.61. The van der Waals surface area contributed by atoms with Crippen LogP contribution >= 0.6 is 0 Å². The standard InChI is InChI=1S/C26H34N2O3/c1-16-17(2)23-21(18(3)22(16)29)11-14-25(4,31-23)24(30)28-15-26(12-5-6-13-26)19-7-9-20(27)10-8-19/h7-10,29H,5-6,11-15,27H2,1-4H3,(H,28,30). The number of nitrogens with two attached hydrogens (primary N) is 1. The summed E-state index contributed by atoms with van der Waals surface area (Å²) in [6.07, 6.45) is 5.76. The van der Waals surface area contributed by atoms with E-state index < -0.39 is 5.60 Å². The first-order valence-electron chi connectivity index (χ1n) is 11.3. The molecule has 1 unspecified atom stereocenters. The number of hydrogen-bond donors (Lipinski definition) is 3. The number of amides is 1. The van der Waals surface area contributed by atoms with E-state index in [0.717, 1.165) is 46.5 Å². The Bertz CT molecular complexity index is 1010. The Hall–Kier alpha value is -2.69. The van der Waals surface area contributed by atoms with Crippen LogP contribution in [0.15, 0.2) is 24.3 Å². The van der Waals surface area contributed by atoms with Crippen LogP contribution in [-0.2, 0) is 16.6 Å². The highest BCUT2D eigenvalue weighted by atomic mass is 16.5. The van der Waals surface area contributed by atoms with Crippen LogP contribution in [0, 0.1) is 20.8 Å². The summed E-state index contributed by atoms with van der Waals surface area (Å²) in [5.74, 6) is 1.02. The lowest BCUT2D eigenvalue weighted by Gasteiger charge is -2.38. The number of aromatic hydroxyl groups is 1. The number of rotatable bonds is 4. The second-order valence-electron chi connectivity index (χ2n) is 9.66. The third-order valence-corrected chi connectivity index (χ3v) is 7.67. The number of benzene rings is 2. The van der Waals surface area contributed by atoms with Gasteiger partial charge in [0.05, 0.1) is 0 Å². The Balaban J connectivity index is 1.54. The maximum atomic E-state index is 13.4. The highest BCUT2D eigenvalue weighted by molar-refractivity contribution is 5.86. The van der Waals surface area contributed by atoms with Crippen molar-refractivity contribution in [3.63, 3.8) is 0 Å². The molecule has 0 spiro atoms. The fourth-order valence-electron chi connectivity index (χ4n) is 5.30. The highest BCUT2D eigenvalue weighted by Gasteiger charge is 2.43. The van der Waals surface area contributed by atoms with Crippen molar-refractivity contribution in [2.45, 2.75) is 77.2 Å². The molecule has 2 aliphatic rings. The summed E-state index contributed by atoms with van der Waals surface area (Å²) in [5.41, 5.74) is 10.5. The smallest absolute Gasteiger partial charge is 0.263 e. The normalized spacial score (nSPS) is 21.9. The molecule has 0 saturated heterocycles. The topological polar surface area (TPSA) is 84.6 Å². The van der Waals surface area contributed by atoms with Crippen LogP contribution < -0.4 is 15.8 Å². The maximum Gasteiger partial charge on any atom is 0.263 e. The number of anilines is 1. The van der Waals surface area contributed by atoms with Gasteiger partial charge in [0.1, 0.15) is 11.5 Å². The van der Waals surface area contributed by atoms with E-state index in [0.29, 0.717) is 25.1 Å². The number of carbonyl (C=O) groups excluding carboxylic acids is 1. The van der Waals surface area contributed by atoms with Crippen LogP contribution in [0.3, 0.4) is 0 Å². The highest BCUT2D eigenvalue weighted by Crippen LogP contribution is 2.44. The molecule has 1 heterocycles. The summed E-state index contributed by atoms with van der Waals surface area (Å²) in [7, 11) is 0. The van der Waals surface area contributed by atoms with Crippen LogP contribution in [0.4, 0.5) is 5.69 Å². The zero-order valence-corrected chi connectivity index (χ0v) is 19.1. The Kier molecular flexibility index (Phi) is 5.40. The maximum absolute atomic E-state index is 13.4. The van der Waals surface area contributed by atoms with E-state index in [1.807, 2.05) is 39.8 Å². The molecule has 1 aliphatic heterocycles. The fraction of sp³-hybridized carbons (Fsp3) is 0.500. The number of carbonyl (C=O) groups is 1. The third kappa shape index (κ3) is 3.64. The molecule has 0 bridgehead atoms. The van der Waals surface area contributed by atoms with Crippen LogP contribution in [0.2, 0.25) is 0 Å². The van der Waals surface area contributed by atoms with Gasteiger partial charge in [0.15, 0.2) is 5.60 Å². The Morgan fingerprint density at radius 1 is 1.06 bits per heavy atom. The summed E-state index contributed by atoms with van der Waals surface area (Å²) >= 11 is 0. The molecule has 5 nitrogen and oxygen atoms in total. The summed E-state index contributed by atoms with van der Waals surface area (Å²) in [4.78, 5) is 13.4. The van der Waals surface area contributed by atoms with Gasteiger partial charge in [0.25, 0.3) is 5.91 Å². The zero-order valence-electron chi connectivity index (χ0n) is 19.1. The number of nitrogens with one attached hydrogen (secondary N) is 1. The molecule has 1 amide bonds. The molecule has 0 radical (unpaired) electrons.